The van der Waals surface area contributed by atoms with E-state index >= 15 is 0 Å². The zero-order valence-electron chi connectivity index (χ0n) is 9.20. The van der Waals surface area contributed by atoms with Crippen molar-refractivity contribution in [1.82, 2.24) is 0 Å². The molecule has 14 heavy (non-hydrogen) atoms. The summed E-state index contributed by atoms with van der Waals surface area (Å²) in [5.41, 5.74) is 2.17. The summed E-state index contributed by atoms with van der Waals surface area (Å²) in [6, 6.07) is 8.59. The van der Waals surface area contributed by atoms with Crippen LogP contribution in [0.3, 0.4) is 0 Å². The smallest absolute Gasteiger partial charge is 0.0681 e. The molecule has 0 heterocycles. The highest BCUT2D eigenvalue weighted by Crippen LogP contribution is 2.17. The van der Waals surface area contributed by atoms with Gasteiger partial charge in [-0.2, -0.15) is 0 Å². The third kappa shape index (κ3) is 2.48. The van der Waals surface area contributed by atoms with Crippen molar-refractivity contribution in [3.8, 4) is 0 Å². The van der Waals surface area contributed by atoms with E-state index in [9.17, 15) is 0 Å². The molecule has 0 aliphatic rings. The highest BCUT2D eigenvalue weighted by molar-refractivity contribution is 5.47. The van der Waals surface area contributed by atoms with Crippen molar-refractivity contribution < 1.29 is 5.11 Å². The molecule has 1 unspecified atom stereocenters. The molecule has 2 nitrogen and oxygen atoms in total. The van der Waals surface area contributed by atoms with E-state index in [-0.39, 0.29) is 6.61 Å². The fourth-order valence-corrected chi connectivity index (χ4v) is 1.36. The Balaban J connectivity index is 2.75. The van der Waals surface area contributed by atoms with E-state index in [1.807, 2.05) is 12.1 Å². The zero-order chi connectivity index (χ0) is 10.6. The summed E-state index contributed by atoms with van der Waals surface area (Å²) in [6.07, 6.45) is 1.14. The first-order chi connectivity index (χ1) is 6.69. The van der Waals surface area contributed by atoms with Gasteiger partial charge in [-0.1, -0.05) is 19.1 Å². The van der Waals surface area contributed by atoms with Crippen LogP contribution in [0.4, 0.5) is 5.69 Å². The molecule has 0 bridgehead atoms. The van der Waals surface area contributed by atoms with Crippen LogP contribution in [0, 0.1) is 0 Å². The van der Waals surface area contributed by atoms with Crippen LogP contribution in [-0.2, 0) is 6.61 Å². The van der Waals surface area contributed by atoms with Crippen LogP contribution < -0.4 is 4.90 Å². The highest BCUT2D eigenvalue weighted by Gasteiger charge is 2.06. The molecule has 0 aliphatic heterocycles. The third-order valence-corrected chi connectivity index (χ3v) is 2.78. The summed E-state index contributed by atoms with van der Waals surface area (Å²) < 4.78 is 0. The number of hydrogen-bond donors (Lipinski definition) is 1. The van der Waals surface area contributed by atoms with E-state index in [0.29, 0.717) is 6.04 Å². The van der Waals surface area contributed by atoms with Gasteiger partial charge in [0.2, 0.25) is 0 Å². The topological polar surface area (TPSA) is 23.5 Å². The minimum Gasteiger partial charge on any atom is -0.392 e. The molecule has 1 aromatic rings. The molecular formula is C12H19NO. The van der Waals surface area contributed by atoms with Gasteiger partial charge in [-0.25, -0.2) is 0 Å². The predicted octanol–water partition coefficient (Wildman–Crippen LogP) is 2.41. The molecule has 0 aromatic heterocycles. The van der Waals surface area contributed by atoms with E-state index in [0.717, 1.165) is 12.0 Å². The molecule has 1 rings (SSSR count). The normalized spacial score (nSPS) is 12.6. The minimum absolute atomic E-state index is 0.118. The first-order valence-corrected chi connectivity index (χ1v) is 5.11. The van der Waals surface area contributed by atoms with Gasteiger partial charge >= 0.3 is 0 Å². The fraction of sp³-hybridized carbons (Fsp3) is 0.500. The van der Waals surface area contributed by atoms with Crippen LogP contribution in [0.5, 0.6) is 0 Å². The summed E-state index contributed by atoms with van der Waals surface area (Å²) in [4.78, 5) is 2.25. The van der Waals surface area contributed by atoms with E-state index in [4.69, 9.17) is 5.11 Å². The van der Waals surface area contributed by atoms with Gasteiger partial charge in [0.25, 0.3) is 0 Å². The fourth-order valence-electron chi connectivity index (χ4n) is 1.36. The Morgan fingerprint density at radius 3 is 2.29 bits per heavy atom. The summed E-state index contributed by atoms with van der Waals surface area (Å²) in [5.74, 6) is 0. The number of anilines is 1. The Morgan fingerprint density at radius 1 is 1.29 bits per heavy atom. The molecule has 0 spiro atoms. The first-order valence-electron chi connectivity index (χ1n) is 5.11. The Bertz CT molecular complexity index is 268. The molecule has 0 amide bonds. The third-order valence-electron chi connectivity index (χ3n) is 2.78. The molecule has 2 heteroatoms. The molecule has 78 valence electrons. The lowest BCUT2D eigenvalue weighted by atomic mass is 10.1. The van der Waals surface area contributed by atoms with Gasteiger partial charge in [0.15, 0.2) is 0 Å². The lowest BCUT2D eigenvalue weighted by Gasteiger charge is -2.26. The Labute approximate surface area is 86.2 Å². The number of aliphatic hydroxyl groups excluding tert-OH is 1. The molecular weight excluding hydrogens is 174 g/mol. The van der Waals surface area contributed by atoms with Gasteiger partial charge in [-0.3, -0.25) is 0 Å². The SMILES string of the molecule is CCC(C)N(C)c1ccc(CO)cc1. The van der Waals surface area contributed by atoms with Crippen LogP contribution in [0.2, 0.25) is 0 Å². The predicted molar refractivity (Wildman–Crippen MR) is 60.5 cm³/mol. The quantitative estimate of drug-likeness (QED) is 0.793. The Morgan fingerprint density at radius 2 is 1.86 bits per heavy atom. The molecule has 1 atom stereocenters. The molecule has 0 saturated heterocycles. The van der Waals surface area contributed by atoms with E-state index in [1.54, 1.807) is 0 Å². The standard InChI is InChI=1S/C12H19NO/c1-4-10(2)13(3)12-7-5-11(9-14)6-8-12/h5-8,10,14H,4,9H2,1-3H3. The summed E-state index contributed by atoms with van der Waals surface area (Å²) in [5, 5.41) is 8.91. The maximum atomic E-state index is 8.91. The van der Waals surface area contributed by atoms with E-state index < -0.39 is 0 Å². The van der Waals surface area contributed by atoms with Crippen molar-refractivity contribution in [2.24, 2.45) is 0 Å². The van der Waals surface area contributed by atoms with Crippen molar-refractivity contribution in [2.45, 2.75) is 32.9 Å². The second-order valence-electron chi connectivity index (χ2n) is 3.69. The van der Waals surface area contributed by atoms with E-state index in [2.05, 4.69) is 37.9 Å². The van der Waals surface area contributed by atoms with Gasteiger partial charge in [0, 0.05) is 18.8 Å². The molecule has 0 radical (unpaired) electrons. The number of hydrogen-bond acceptors (Lipinski definition) is 2. The summed E-state index contributed by atoms with van der Waals surface area (Å²) in [7, 11) is 2.10. The molecule has 1 N–H and O–H groups in total. The minimum atomic E-state index is 0.118. The second kappa shape index (κ2) is 5.01. The van der Waals surface area contributed by atoms with E-state index in [1.165, 1.54) is 5.69 Å². The van der Waals surface area contributed by atoms with Gasteiger partial charge < -0.3 is 10.0 Å². The second-order valence-corrected chi connectivity index (χ2v) is 3.69. The van der Waals surface area contributed by atoms with Gasteiger partial charge in [0.1, 0.15) is 0 Å². The zero-order valence-corrected chi connectivity index (χ0v) is 9.20. The maximum absolute atomic E-state index is 8.91. The Kier molecular flexibility index (Phi) is 3.96. The highest BCUT2D eigenvalue weighted by atomic mass is 16.3. The van der Waals surface area contributed by atoms with Crippen molar-refractivity contribution in [3.63, 3.8) is 0 Å². The summed E-state index contributed by atoms with van der Waals surface area (Å²) in [6.45, 7) is 4.51. The van der Waals surface area contributed by atoms with Gasteiger partial charge in [0.05, 0.1) is 6.61 Å². The lowest BCUT2D eigenvalue weighted by Crippen LogP contribution is -2.27. The van der Waals surface area contributed by atoms with Gasteiger partial charge in [-0.15, -0.1) is 0 Å². The average Bonchev–Trinajstić information content (AvgIpc) is 2.27. The van der Waals surface area contributed by atoms with Crippen molar-refractivity contribution in [2.75, 3.05) is 11.9 Å². The van der Waals surface area contributed by atoms with Crippen LogP contribution in [0.25, 0.3) is 0 Å². The number of aliphatic hydroxyl groups is 1. The monoisotopic (exact) mass is 193 g/mol. The average molecular weight is 193 g/mol. The van der Waals surface area contributed by atoms with Crippen molar-refractivity contribution >= 4 is 5.69 Å². The van der Waals surface area contributed by atoms with Crippen molar-refractivity contribution in [1.29, 1.82) is 0 Å². The largest absolute Gasteiger partial charge is 0.392 e. The maximum Gasteiger partial charge on any atom is 0.0681 e. The van der Waals surface area contributed by atoms with Gasteiger partial charge in [-0.05, 0) is 31.0 Å². The lowest BCUT2D eigenvalue weighted by molar-refractivity contribution is 0.282. The van der Waals surface area contributed by atoms with Crippen LogP contribution in [0.15, 0.2) is 24.3 Å². The Hall–Kier alpha value is -1.02. The number of nitrogens with zero attached hydrogens (tertiary/aromatic N) is 1. The van der Waals surface area contributed by atoms with Crippen LogP contribution in [-0.4, -0.2) is 18.2 Å². The first kappa shape index (κ1) is 11.1. The molecule has 0 fully saturated rings. The molecule has 1 aromatic carbocycles. The van der Waals surface area contributed by atoms with Crippen LogP contribution >= 0.6 is 0 Å². The van der Waals surface area contributed by atoms with Crippen molar-refractivity contribution in [3.05, 3.63) is 29.8 Å². The number of benzene rings is 1. The van der Waals surface area contributed by atoms with Crippen LogP contribution in [0.1, 0.15) is 25.8 Å². The molecule has 0 saturated carbocycles. The molecule has 0 aliphatic carbocycles. The number of rotatable bonds is 4. The summed E-state index contributed by atoms with van der Waals surface area (Å²) >= 11 is 0.